The number of furan rings is 2. The van der Waals surface area contributed by atoms with Crippen molar-refractivity contribution >= 4 is 154 Å². The van der Waals surface area contributed by atoms with E-state index in [1.54, 1.807) is 6.07 Å². The lowest BCUT2D eigenvalue weighted by atomic mass is 9.92. The quantitative estimate of drug-likeness (QED) is 0.128. The summed E-state index contributed by atoms with van der Waals surface area (Å²) in [6.07, 6.45) is 0. The molecule has 0 saturated heterocycles. The van der Waals surface area contributed by atoms with Crippen LogP contribution in [-0.4, -0.2) is 12.7 Å². The van der Waals surface area contributed by atoms with Gasteiger partial charge < -0.3 is 18.5 Å². The van der Waals surface area contributed by atoms with Crippen molar-refractivity contribution in [2.45, 2.75) is 0 Å². The van der Waals surface area contributed by atoms with Crippen molar-refractivity contribution in [3.63, 3.8) is 0 Å². The van der Waals surface area contributed by atoms with Crippen molar-refractivity contribution in [1.82, 2.24) is 0 Å². The zero-order chi connectivity index (χ0) is 65.2. The highest BCUT2D eigenvalue weighted by Crippen LogP contribution is 2.42. The number of hydrogen-bond acceptors (Lipinski definition) is 4. The van der Waals surface area contributed by atoms with Crippen LogP contribution in [0.4, 0.5) is 0 Å². The molecule has 18 aromatic carbocycles. The topological polar surface area (TPSA) is 55.7 Å². The van der Waals surface area contributed by atoms with Gasteiger partial charge in [-0.3, -0.25) is 0 Å². The van der Waals surface area contributed by atoms with Crippen LogP contribution in [0.2, 0.25) is 0 Å². The fraction of sp³-hybridized carbons (Fsp3) is 0. The molecule has 0 fully saturated rings. The Balaban J connectivity index is 0.000000116. The van der Waals surface area contributed by atoms with Crippen molar-refractivity contribution in [2.75, 3.05) is 0 Å². The third-order valence-corrected chi connectivity index (χ3v) is 19.9. The van der Waals surface area contributed by atoms with Gasteiger partial charge in [0.2, 0.25) is 0 Å². The van der Waals surface area contributed by atoms with E-state index in [0.29, 0.717) is 13.4 Å². The molecule has 20 aromatic rings. The Morgan fingerprint density at radius 1 is 0.224 bits per heavy atom. The molecule has 0 unspecified atom stereocenters. The van der Waals surface area contributed by atoms with Gasteiger partial charge in [0.1, 0.15) is 28.1 Å². The molecule has 0 bridgehead atoms. The van der Waals surface area contributed by atoms with E-state index in [0.717, 1.165) is 59.5 Å². The third kappa shape index (κ3) is 10.8. The summed E-state index contributed by atoms with van der Waals surface area (Å²) in [7, 11) is 0.684. The smallest absolute Gasteiger partial charge is 0.537 e. The summed E-state index contributed by atoms with van der Waals surface area (Å²) in [5.74, 6) is 0.568. The van der Waals surface area contributed by atoms with Gasteiger partial charge in [-0.25, -0.2) is 0 Å². The van der Waals surface area contributed by atoms with Gasteiger partial charge in [-0.05, 0) is 251 Å². The average molecular weight is 1320 g/mol. The van der Waals surface area contributed by atoms with Gasteiger partial charge in [-0.2, -0.15) is 0 Å². The number of fused-ring (bicyclic) bond motifs is 16. The van der Waals surface area contributed by atoms with Crippen LogP contribution in [0.15, 0.2) is 353 Å². The van der Waals surface area contributed by atoms with Crippen LogP contribution in [0.25, 0.3) is 186 Å². The molecule has 2 aromatic heterocycles. The molecule has 1 N–H and O–H groups in total. The van der Waals surface area contributed by atoms with E-state index in [-0.39, 0.29) is 0 Å². The summed E-state index contributed by atoms with van der Waals surface area (Å²) in [6, 6.07) is 121. The van der Waals surface area contributed by atoms with Crippen LogP contribution >= 0.6 is 15.9 Å². The minimum atomic E-state index is 0.568. The predicted molar refractivity (Wildman–Crippen MR) is 417 cm³/mol. The summed E-state index contributed by atoms with van der Waals surface area (Å²) < 4.78 is 18.4. The van der Waals surface area contributed by atoms with Crippen LogP contribution in [0.5, 0.6) is 5.75 Å². The summed E-state index contributed by atoms with van der Waals surface area (Å²) in [5.41, 5.74) is 15.6. The Bertz CT molecular complexity index is 6560. The molecule has 98 heavy (non-hydrogen) atoms. The van der Waals surface area contributed by atoms with Crippen molar-refractivity contribution in [1.29, 1.82) is 0 Å². The van der Waals surface area contributed by atoms with E-state index in [2.05, 4.69) is 331 Å². The fourth-order valence-corrected chi connectivity index (χ4v) is 14.9. The molecule has 0 amide bonds. The first-order valence-electron chi connectivity index (χ1n) is 33.0. The normalized spacial score (nSPS) is 11.6. The maximum absolute atomic E-state index is 8.86. The minimum Gasteiger partial charge on any atom is -0.537 e. The summed E-state index contributed by atoms with van der Waals surface area (Å²) in [6.45, 7) is 0. The number of halogens is 1. The first-order valence-corrected chi connectivity index (χ1v) is 33.7. The van der Waals surface area contributed by atoms with Crippen LogP contribution in [-0.2, 0) is 0 Å². The van der Waals surface area contributed by atoms with Gasteiger partial charge in [0.15, 0.2) is 0 Å². The first kappa shape index (κ1) is 58.5. The molecule has 0 aliphatic carbocycles. The van der Waals surface area contributed by atoms with E-state index in [1.165, 1.54) is 131 Å². The first-order chi connectivity index (χ1) is 48.4. The number of rotatable bonds is 7. The Labute approximate surface area is 573 Å². The van der Waals surface area contributed by atoms with Crippen LogP contribution < -0.4 is 4.65 Å². The molecule has 0 aliphatic heterocycles. The second-order valence-electron chi connectivity index (χ2n) is 25.2. The van der Waals surface area contributed by atoms with Gasteiger partial charge in [0.05, 0.1) is 0 Å². The van der Waals surface area contributed by atoms with Crippen molar-refractivity contribution in [3.05, 3.63) is 344 Å². The molecule has 0 aliphatic rings. The Hall–Kier alpha value is -12.1. The highest BCUT2D eigenvalue weighted by atomic mass is 79.9. The van der Waals surface area contributed by atoms with Crippen LogP contribution in [0.1, 0.15) is 0 Å². The van der Waals surface area contributed by atoms with Gasteiger partial charge >= 0.3 is 7.69 Å². The lowest BCUT2D eigenvalue weighted by molar-refractivity contribution is 0.454. The molecule has 0 spiro atoms. The maximum Gasteiger partial charge on any atom is 0.569 e. The molecule has 1 radical (unpaired) electrons. The Morgan fingerprint density at radius 3 is 0.959 bits per heavy atom. The maximum atomic E-state index is 8.86. The second-order valence-corrected chi connectivity index (χ2v) is 26.1. The lowest BCUT2D eigenvalue weighted by Crippen LogP contribution is -1.98. The van der Waals surface area contributed by atoms with Crippen LogP contribution in [0, 0.1) is 0 Å². The van der Waals surface area contributed by atoms with Gasteiger partial charge in [0.25, 0.3) is 0 Å². The lowest BCUT2D eigenvalue weighted by Gasteiger charge is -2.12. The molecule has 0 atom stereocenters. The van der Waals surface area contributed by atoms with Crippen LogP contribution in [0.3, 0.4) is 0 Å². The monoisotopic (exact) mass is 1320 g/mol. The summed E-state index contributed by atoms with van der Waals surface area (Å²) in [4.78, 5) is 0. The van der Waals surface area contributed by atoms with E-state index in [4.69, 9.17) is 18.5 Å². The van der Waals surface area contributed by atoms with Gasteiger partial charge in [-0.15, -0.1) is 0 Å². The largest absolute Gasteiger partial charge is 0.569 e. The SMILES string of the molecule is Brc1ccc2cc(-c3cc4ccccc4c4ccccc34)ccc2c1.O[B]Oc1ccc2oc3ccc(-c4ccc5ccccc5c4)cc3c2c1.c1ccc2cc(-c3ccc4oc5ccc(-c6ccc7cc(-c8cc9ccccc9c9ccccc89)ccc7c6)cc5c4c3)ccc2c1. The highest BCUT2D eigenvalue weighted by Gasteiger charge is 2.16. The molecular weight excluding hydrogens is 1260 g/mol. The van der Waals surface area contributed by atoms with E-state index in [9.17, 15) is 0 Å². The second kappa shape index (κ2) is 24.6. The Kier molecular flexibility index (Phi) is 14.7. The molecule has 20 rings (SSSR count). The summed E-state index contributed by atoms with van der Waals surface area (Å²) >= 11 is 3.56. The Morgan fingerprint density at radius 2 is 0.520 bits per heavy atom. The number of hydrogen-bond donors (Lipinski definition) is 1. The molecule has 2 heterocycles. The van der Waals surface area contributed by atoms with E-state index in [1.807, 2.05) is 18.2 Å². The zero-order valence-electron chi connectivity index (χ0n) is 53.0. The zero-order valence-corrected chi connectivity index (χ0v) is 54.5. The minimum absolute atomic E-state index is 0.568. The fourth-order valence-electron chi connectivity index (χ4n) is 14.5. The third-order valence-electron chi connectivity index (χ3n) is 19.4. The van der Waals surface area contributed by atoms with Gasteiger partial charge in [-0.1, -0.05) is 246 Å². The molecule has 459 valence electrons. The van der Waals surface area contributed by atoms with E-state index < -0.39 is 0 Å². The van der Waals surface area contributed by atoms with Crippen molar-refractivity contribution in [2.24, 2.45) is 0 Å². The highest BCUT2D eigenvalue weighted by molar-refractivity contribution is 9.10. The molecule has 4 nitrogen and oxygen atoms in total. The predicted octanol–water partition coefficient (Wildman–Crippen LogP) is 26.1. The number of benzene rings is 18. The molecule has 0 saturated carbocycles. The standard InChI is InChI=1S/C46H28O.C24H15Br.C22H14BO3/c1-2-8-30-23-32(14-13-29(30)7-1)35-19-21-45-43(26-35)44-27-36(20-22-46(44)47-45)33-15-16-34-25-38(18-17-31(34)24-33)42-28-37-9-3-4-10-39(37)40-11-5-6-12-41(40)42;25-20-12-11-16-13-19(10-9-17(16)14-20)24-15-18-5-1-2-6-21(18)22-7-3-4-8-23(22)24;24-23-26-18-8-10-22-20(13-18)19-12-17(7-9-21(19)25-22)16-6-5-14-3-1-2-4-15(14)11-16/h1-28H;1-15H;1-13,24H. The van der Waals surface area contributed by atoms with Crippen molar-refractivity contribution in [3.8, 4) is 61.4 Å². The van der Waals surface area contributed by atoms with Crippen molar-refractivity contribution < 1.29 is 18.5 Å². The van der Waals surface area contributed by atoms with Gasteiger partial charge in [0, 0.05) is 26.0 Å². The molecule has 6 heteroatoms. The average Bonchev–Trinajstić information content (AvgIpc) is 0.856. The molecular formula is C92H57BBrO4. The van der Waals surface area contributed by atoms with E-state index >= 15 is 0 Å². The summed E-state index contributed by atoms with van der Waals surface area (Å²) in [5, 5.41) is 33.4.